The van der Waals surface area contributed by atoms with Crippen LogP contribution >= 0.6 is 0 Å². The third-order valence-electron chi connectivity index (χ3n) is 2.93. The van der Waals surface area contributed by atoms with Gasteiger partial charge in [-0.2, -0.15) is 5.26 Å². The highest BCUT2D eigenvalue weighted by Crippen LogP contribution is 2.17. The predicted octanol–water partition coefficient (Wildman–Crippen LogP) is 1.02. The van der Waals surface area contributed by atoms with Gasteiger partial charge in [-0.1, -0.05) is 6.42 Å². The minimum atomic E-state index is -0.199. The SMILES string of the molecule is N#CCCCCN1CCCCC1C(N)=O. The second kappa shape index (κ2) is 6.41. The Hall–Kier alpha value is -1.08. The minimum Gasteiger partial charge on any atom is -0.368 e. The maximum atomic E-state index is 11.2. The van der Waals surface area contributed by atoms with Crippen molar-refractivity contribution >= 4 is 5.91 Å². The summed E-state index contributed by atoms with van der Waals surface area (Å²) in [6, 6.07) is 2.06. The first-order valence-corrected chi connectivity index (χ1v) is 5.66. The van der Waals surface area contributed by atoms with E-state index in [0.717, 1.165) is 45.2 Å². The number of amides is 1. The smallest absolute Gasteiger partial charge is 0.234 e. The molecule has 0 saturated carbocycles. The zero-order valence-corrected chi connectivity index (χ0v) is 9.11. The Bertz CT molecular complexity index is 247. The Kier molecular flexibility index (Phi) is 5.13. The summed E-state index contributed by atoms with van der Waals surface area (Å²) in [6.07, 6.45) is 5.66. The number of likely N-dealkylation sites (tertiary alicyclic amines) is 1. The number of piperidine rings is 1. The van der Waals surface area contributed by atoms with Crippen molar-refractivity contribution in [2.75, 3.05) is 13.1 Å². The first-order chi connectivity index (χ1) is 7.25. The molecule has 1 rings (SSSR count). The summed E-state index contributed by atoms with van der Waals surface area (Å²) in [4.78, 5) is 13.4. The molecule has 1 aliphatic heterocycles. The molecule has 0 radical (unpaired) electrons. The van der Waals surface area contributed by atoms with E-state index in [1.54, 1.807) is 0 Å². The minimum absolute atomic E-state index is 0.0687. The van der Waals surface area contributed by atoms with Crippen LogP contribution in [0, 0.1) is 11.3 Å². The van der Waals surface area contributed by atoms with Crippen LogP contribution in [0.4, 0.5) is 0 Å². The van der Waals surface area contributed by atoms with E-state index in [2.05, 4.69) is 11.0 Å². The number of carbonyl (C=O) groups is 1. The molecule has 1 atom stereocenters. The molecular weight excluding hydrogens is 190 g/mol. The van der Waals surface area contributed by atoms with Crippen LogP contribution in [0.3, 0.4) is 0 Å². The number of carbonyl (C=O) groups excluding carboxylic acids is 1. The molecule has 84 valence electrons. The van der Waals surface area contributed by atoms with Crippen molar-refractivity contribution in [2.24, 2.45) is 5.73 Å². The molecule has 0 aromatic heterocycles. The Morgan fingerprint density at radius 2 is 2.27 bits per heavy atom. The summed E-state index contributed by atoms with van der Waals surface area (Å²) >= 11 is 0. The number of hydrogen-bond donors (Lipinski definition) is 1. The van der Waals surface area contributed by atoms with Gasteiger partial charge in [-0.15, -0.1) is 0 Å². The van der Waals surface area contributed by atoms with E-state index >= 15 is 0 Å². The third kappa shape index (κ3) is 3.88. The molecule has 1 amide bonds. The van der Waals surface area contributed by atoms with Gasteiger partial charge in [0, 0.05) is 6.42 Å². The Balaban J connectivity index is 2.30. The lowest BCUT2D eigenvalue weighted by Gasteiger charge is -2.33. The van der Waals surface area contributed by atoms with E-state index in [0.29, 0.717) is 6.42 Å². The van der Waals surface area contributed by atoms with Gasteiger partial charge < -0.3 is 5.73 Å². The number of unbranched alkanes of at least 4 members (excludes halogenated alkanes) is 2. The molecule has 4 heteroatoms. The molecular formula is C11H19N3O. The normalized spacial score (nSPS) is 22.2. The van der Waals surface area contributed by atoms with E-state index < -0.39 is 0 Å². The third-order valence-corrected chi connectivity index (χ3v) is 2.93. The van der Waals surface area contributed by atoms with Gasteiger partial charge >= 0.3 is 0 Å². The topological polar surface area (TPSA) is 70.1 Å². The lowest BCUT2D eigenvalue weighted by molar-refractivity contribution is -0.124. The molecule has 0 aliphatic carbocycles. The lowest BCUT2D eigenvalue weighted by Crippen LogP contribution is -2.47. The van der Waals surface area contributed by atoms with Gasteiger partial charge in [0.05, 0.1) is 12.1 Å². The van der Waals surface area contributed by atoms with E-state index in [9.17, 15) is 4.79 Å². The van der Waals surface area contributed by atoms with Crippen LogP contribution in [-0.2, 0) is 4.79 Å². The molecule has 0 bridgehead atoms. The van der Waals surface area contributed by atoms with E-state index in [1.165, 1.54) is 0 Å². The first kappa shape index (κ1) is 12.0. The molecule has 2 N–H and O–H groups in total. The second-order valence-corrected chi connectivity index (χ2v) is 4.07. The fourth-order valence-electron chi connectivity index (χ4n) is 2.10. The van der Waals surface area contributed by atoms with E-state index in [1.807, 2.05) is 0 Å². The zero-order valence-electron chi connectivity index (χ0n) is 9.11. The van der Waals surface area contributed by atoms with Crippen LogP contribution in [0.25, 0.3) is 0 Å². The van der Waals surface area contributed by atoms with Crippen LogP contribution in [0.5, 0.6) is 0 Å². The van der Waals surface area contributed by atoms with Gasteiger partial charge in [0.1, 0.15) is 0 Å². The molecule has 0 spiro atoms. The maximum Gasteiger partial charge on any atom is 0.234 e. The zero-order chi connectivity index (χ0) is 11.1. The molecule has 1 aliphatic rings. The summed E-state index contributed by atoms with van der Waals surface area (Å²) in [5, 5.41) is 8.41. The van der Waals surface area contributed by atoms with Gasteiger partial charge in [-0.05, 0) is 38.8 Å². The number of hydrogen-bond acceptors (Lipinski definition) is 3. The van der Waals surface area contributed by atoms with Crippen LogP contribution in [-0.4, -0.2) is 29.9 Å². The van der Waals surface area contributed by atoms with Crippen LogP contribution in [0.1, 0.15) is 38.5 Å². The lowest BCUT2D eigenvalue weighted by atomic mass is 10.0. The van der Waals surface area contributed by atoms with Crippen LogP contribution in [0.2, 0.25) is 0 Å². The number of nitriles is 1. The van der Waals surface area contributed by atoms with Crippen molar-refractivity contribution in [1.29, 1.82) is 5.26 Å². The van der Waals surface area contributed by atoms with Gasteiger partial charge in [-0.25, -0.2) is 0 Å². The summed E-state index contributed by atoms with van der Waals surface area (Å²) in [6.45, 7) is 1.87. The second-order valence-electron chi connectivity index (χ2n) is 4.07. The summed E-state index contributed by atoms with van der Waals surface area (Å²) in [7, 11) is 0. The monoisotopic (exact) mass is 209 g/mol. The number of rotatable bonds is 5. The molecule has 0 aromatic carbocycles. The van der Waals surface area contributed by atoms with Crippen LogP contribution < -0.4 is 5.73 Å². The summed E-state index contributed by atoms with van der Waals surface area (Å²) in [5.74, 6) is -0.199. The van der Waals surface area contributed by atoms with Crippen molar-refractivity contribution in [3.05, 3.63) is 0 Å². The fourth-order valence-corrected chi connectivity index (χ4v) is 2.10. The summed E-state index contributed by atoms with van der Waals surface area (Å²) < 4.78 is 0. The molecule has 0 aromatic rings. The van der Waals surface area contributed by atoms with Gasteiger partial charge in [0.2, 0.25) is 5.91 Å². The van der Waals surface area contributed by atoms with E-state index in [-0.39, 0.29) is 11.9 Å². The predicted molar refractivity (Wildman–Crippen MR) is 57.9 cm³/mol. The highest BCUT2D eigenvalue weighted by Gasteiger charge is 2.25. The quantitative estimate of drug-likeness (QED) is 0.687. The first-order valence-electron chi connectivity index (χ1n) is 5.66. The average molecular weight is 209 g/mol. The number of nitrogens with two attached hydrogens (primary N) is 1. The van der Waals surface area contributed by atoms with Crippen molar-refractivity contribution in [3.8, 4) is 6.07 Å². The highest BCUT2D eigenvalue weighted by atomic mass is 16.1. The Morgan fingerprint density at radius 1 is 1.47 bits per heavy atom. The Morgan fingerprint density at radius 3 is 2.93 bits per heavy atom. The van der Waals surface area contributed by atoms with Gasteiger partial charge in [-0.3, -0.25) is 9.69 Å². The van der Waals surface area contributed by atoms with Crippen molar-refractivity contribution < 1.29 is 4.79 Å². The molecule has 1 saturated heterocycles. The molecule has 1 unspecified atom stereocenters. The molecule has 1 fully saturated rings. The highest BCUT2D eigenvalue weighted by molar-refractivity contribution is 5.79. The standard InChI is InChI=1S/C11H19N3O/c12-7-3-1-4-8-14-9-5-2-6-10(14)11(13)15/h10H,1-6,8-9H2,(H2,13,15). The maximum absolute atomic E-state index is 11.2. The molecule has 1 heterocycles. The van der Waals surface area contributed by atoms with Crippen molar-refractivity contribution in [2.45, 2.75) is 44.6 Å². The van der Waals surface area contributed by atoms with Crippen molar-refractivity contribution in [3.63, 3.8) is 0 Å². The fraction of sp³-hybridized carbons (Fsp3) is 0.818. The van der Waals surface area contributed by atoms with Crippen molar-refractivity contribution in [1.82, 2.24) is 4.90 Å². The largest absolute Gasteiger partial charge is 0.368 e. The van der Waals surface area contributed by atoms with Crippen LogP contribution in [0.15, 0.2) is 0 Å². The number of primary amides is 1. The number of nitrogens with zero attached hydrogens (tertiary/aromatic N) is 2. The van der Waals surface area contributed by atoms with Gasteiger partial charge in [0.25, 0.3) is 0 Å². The summed E-state index contributed by atoms with van der Waals surface area (Å²) in [5.41, 5.74) is 5.36. The Labute approximate surface area is 91.0 Å². The van der Waals surface area contributed by atoms with E-state index in [4.69, 9.17) is 11.0 Å². The molecule has 15 heavy (non-hydrogen) atoms. The van der Waals surface area contributed by atoms with Gasteiger partial charge in [0.15, 0.2) is 0 Å². The average Bonchev–Trinajstić information content (AvgIpc) is 2.25. The molecule has 4 nitrogen and oxygen atoms in total.